The summed E-state index contributed by atoms with van der Waals surface area (Å²) in [7, 11) is 1.26. The van der Waals surface area contributed by atoms with Crippen LogP contribution in [0.3, 0.4) is 0 Å². The molecule has 0 unspecified atom stereocenters. The van der Waals surface area contributed by atoms with Crippen molar-refractivity contribution in [1.29, 1.82) is 0 Å². The molecule has 0 saturated carbocycles. The van der Waals surface area contributed by atoms with Gasteiger partial charge in [0.05, 0.1) is 24.8 Å². The summed E-state index contributed by atoms with van der Waals surface area (Å²) in [6.45, 7) is 6.69. The second kappa shape index (κ2) is 7.78. The van der Waals surface area contributed by atoms with Crippen LogP contribution in [0.15, 0.2) is 24.3 Å². The van der Waals surface area contributed by atoms with E-state index in [4.69, 9.17) is 9.47 Å². The quantitative estimate of drug-likeness (QED) is 0.458. The Morgan fingerprint density at radius 1 is 1.05 bits per heavy atom. The molecule has 0 aliphatic carbocycles. The summed E-state index contributed by atoms with van der Waals surface area (Å²) in [5, 5.41) is 0. The van der Waals surface area contributed by atoms with E-state index in [9.17, 15) is 9.59 Å². The molecule has 0 N–H and O–H groups in total. The van der Waals surface area contributed by atoms with Crippen molar-refractivity contribution in [2.45, 2.75) is 27.2 Å². The molecule has 0 aromatic heterocycles. The Kier molecular flexibility index (Phi) is 6.37. The molecule has 5 heteroatoms. The summed E-state index contributed by atoms with van der Waals surface area (Å²) in [4.78, 5) is 23.5. The zero-order valence-corrected chi connectivity index (χ0v) is 13.0. The lowest BCUT2D eigenvalue weighted by atomic mass is 9.93. The monoisotopic (exact) mass is 294 g/mol. The Morgan fingerprint density at radius 3 is 2.14 bits per heavy atom. The van der Waals surface area contributed by atoms with Gasteiger partial charge in [-0.1, -0.05) is 32.9 Å². The maximum absolute atomic E-state index is 11.9. The van der Waals surface area contributed by atoms with E-state index in [1.165, 1.54) is 19.2 Å². The highest BCUT2D eigenvalue weighted by molar-refractivity contribution is 6.03. The van der Waals surface area contributed by atoms with Crippen LogP contribution in [0.25, 0.3) is 0 Å². The van der Waals surface area contributed by atoms with Gasteiger partial charge in [0.2, 0.25) is 0 Å². The number of hydrogen-bond donors (Lipinski definition) is 0. The lowest BCUT2D eigenvalue weighted by Gasteiger charge is -2.17. The summed E-state index contributed by atoms with van der Waals surface area (Å²) in [6, 6.07) is 6.35. The third-order valence-electron chi connectivity index (χ3n) is 2.82. The number of carbonyl (C=O) groups is 2. The summed E-state index contributed by atoms with van der Waals surface area (Å²) < 4.78 is 14.9. The van der Waals surface area contributed by atoms with Crippen molar-refractivity contribution in [2.75, 3.05) is 20.5 Å². The predicted molar refractivity (Wildman–Crippen MR) is 78.1 cm³/mol. The molecular weight excluding hydrogens is 272 g/mol. The van der Waals surface area contributed by atoms with Gasteiger partial charge in [0.1, 0.15) is 0 Å². The third kappa shape index (κ3) is 5.95. The smallest absolute Gasteiger partial charge is 0.341 e. The van der Waals surface area contributed by atoms with Gasteiger partial charge in [-0.2, -0.15) is 0 Å². The summed E-state index contributed by atoms with van der Waals surface area (Å²) >= 11 is 0. The van der Waals surface area contributed by atoms with Crippen LogP contribution in [0.1, 0.15) is 47.9 Å². The molecule has 0 heterocycles. The number of esters is 2. The van der Waals surface area contributed by atoms with Crippen molar-refractivity contribution >= 4 is 11.9 Å². The van der Waals surface area contributed by atoms with E-state index in [1.54, 1.807) is 12.1 Å². The fraction of sp³-hybridized carbons (Fsp3) is 0.500. The number of rotatable bonds is 6. The van der Waals surface area contributed by atoms with Crippen molar-refractivity contribution in [3.63, 3.8) is 0 Å². The minimum Gasteiger partial charge on any atom is -0.465 e. The second-order valence-electron chi connectivity index (χ2n) is 5.81. The van der Waals surface area contributed by atoms with Gasteiger partial charge < -0.3 is 14.2 Å². The van der Waals surface area contributed by atoms with Crippen molar-refractivity contribution < 1.29 is 23.8 Å². The van der Waals surface area contributed by atoms with E-state index in [0.717, 1.165) is 6.42 Å². The highest BCUT2D eigenvalue weighted by Crippen LogP contribution is 2.18. The number of benzene rings is 1. The first-order valence-electron chi connectivity index (χ1n) is 6.77. The van der Waals surface area contributed by atoms with E-state index in [2.05, 4.69) is 25.5 Å². The Hall–Kier alpha value is -1.88. The predicted octanol–water partition coefficient (Wildman–Crippen LogP) is 3.04. The molecule has 1 aromatic rings. The average molecular weight is 294 g/mol. The van der Waals surface area contributed by atoms with Gasteiger partial charge >= 0.3 is 11.9 Å². The summed E-state index contributed by atoms with van der Waals surface area (Å²) in [5.74, 6) is -1.18. The third-order valence-corrected chi connectivity index (χ3v) is 2.82. The summed E-state index contributed by atoms with van der Waals surface area (Å²) in [5.41, 5.74) is 0.519. The van der Waals surface area contributed by atoms with Crippen molar-refractivity contribution in [2.24, 2.45) is 5.41 Å². The van der Waals surface area contributed by atoms with Crippen LogP contribution in [-0.4, -0.2) is 32.4 Å². The maximum atomic E-state index is 11.9. The molecule has 0 bridgehead atoms. The average Bonchev–Trinajstić information content (AvgIpc) is 2.44. The van der Waals surface area contributed by atoms with Crippen molar-refractivity contribution in [1.82, 2.24) is 0 Å². The van der Waals surface area contributed by atoms with Crippen LogP contribution in [0.2, 0.25) is 0 Å². The van der Waals surface area contributed by atoms with Crippen LogP contribution < -0.4 is 0 Å². The minimum absolute atomic E-state index is 0.135. The Labute approximate surface area is 125 Å². The number of ether oxygens (including phenoxy) is 3. The highest BCUT2D eigenvalue weighted by Gasteiger charge is 2.18. The van der Waals surface area contributed by atoms with Gasteiger partial charge in [-0.05, 0) is 24.0 Å². The zero-order valence-electron chi connectivity index (χ0n) is 13.0. The molecular formula is C16H22O5. The fourth-order valence-electron chi connectivity index (χ4n) is 1.56. The first-order valence-corrected chi connectivity index (χ1v) is 6.77. The van der Waals surface area contributed by atoms with Crippen LogP contribution >= 0.6 is 0 Å². The molecule has 0 aliphatic heterocycles. The SMILES string of the molecule is COC(=O)c1ccccc1C(=O)OCOCCC(C)(C)C. The van der Waals surface area contributed by atoms with E-state index in [1.807, 2.05) is 0 Å². The fourth-order valence-corrected chi connectivity index (χ4v) is 1.56. The van der Waals surface area contributed by atoms with E-state index >= 15 is 0 Å². The first-order chi connectivity index (χ1) is 9.85. The molecule has 0 radical (unpaired) electrons. The summed E-state index contributed by atoms with van der Waals surface area (Å²) in [6.07, 6.45) is 0.864. The maximum Gasteiger partial charge on any atom is 0.341 e. The zero-order chi connectivity index (χ0) is 15.9. The topological polar surface area (TPSA) is 61.8 Å². The number of hydrogen-bond acceptors (Lipinski definition) is 5. The molecule has 116 valence electrons. The van der Waals surface area contributed by atoms with Gasteiger partial charge in [-0.25, -0.2) is 9.59 Å². The first kappa shape index (κ1) is 17.2. The lowest BCUT2D eigenvalue weighted by Crippen LogP contribution is -2.16. The van der Waals surface area contributed by atoms with Gasteiger partial charge in [-0.3, -0.25) is 0 Å². The molecule has 1 rings (SSSR count). The number of carbonyl (C=O) groups excluding carboxylic acids is 2. The van der Waals surface area contributed by atoms with E-state index in [-0.39, 0.29) is 23.3 Å². The Morgan fingerprint density at radius 2 is 1.62 bits per heavy atom. The van der Waals surface area contributed by atoms with Gasteiger partial charge in [0, 0.05) is 0 Å². The van der Waals surface area contributed by atoms with Crippen LogP contribution in [0.5, 0.6) is 0 Å². The molecule has 21 heavy (non-hydrogen) atoms. The van der Waals surface area contributed by atoms with Crippen LogP contribution in [-0.2, 0) is 14.2 Å². The normalized spacial score (nSPS) is 11.0. The molecule has 0 atom stereocenters. The lowest BCUT2D eigenvalue weighted by molar-refractivity contribution is -0.0368. The van der Waals surface area contributed by atoms with Gasteiger partial charge in [0.15, 0.2) is 6.79 Å². The molecule has 0 amide bonds. The number of methoxy groups -OCH3 is 1. The molecule has 0 saturated heterocycles. The van der Waals surface area contributed by atoms with Crippen LogP contribution in [0.4, 0.5) is 0 Å². The molecule has 5 nitrogen and oxygen atoms in total. The minimum atomic E-state index is -0.605. The molecule has 0 spiro atoms. The van der Waals surface area contributed by atoms with Gasteiger partial charge in [-0.15, -0.1) is 0 Å². The van der Waals surface area contributed by atoms with Crippen LogP contribution in [0, 0.1) is 5.41 Å². The van der Waals surface area contributed by atoms with E-state index < -0.39 is 11.9 Å². The van der Waals surface area contributed by atoms with Crippen molar-refractivity contribution in [3.8, 4) is 0 Å². The van der Waals surface area contributed by atoms with Gasteiger partial charge in [0.25, 0.3) is 0 Å². The molecule has 0 fully saturated rings. The highest BCUT2D eigenvalue weighted by atomic mass is 16.7. The molecule has 0 aliphatic rings. The molecule has 1 aromatic carbocycles. The Bertz CT molecular complexity index is 488. The standard InChI is InChI=1S/C16H22O5/c1-16(2,3)9-10-20-11-21-15(18)13-8-6-5-7-12(13)14(17)19-4/h5-8H,9-11H2,1-4H3. The Balaban J connectivity index is 2.51. The largest absolute Gasteiger partial charge is 0.465 e. The second-order valence-corrected chi connectivity index (χ2v) is 5.81. The van der Waals surface area contributed by atoms with E-state index in [0.29, 0.717) is 6.61 Å². The van der Waals surface area contributed by atoms with Crippen molar-refractivity contribution in [3.05, 3.63) is 35.4 Å².